The van der Waals surface area contributed by atoms with Gasteiger partial charge in [0.15, 0.2) is 0 Å². The lowest BCUT2D eigenvalue weighted by Gasteiger charge is -2.07. The number of methoxy groups -OCH3 is 1. The molecule has 4 aromatic rings. The van der Waals surface area contributed by atoms with Crippen molar-refractivity contribution in [3.8, 4) is 34.0 Å². The predicted octanol–water partition coefficient (Wildman–Crippen LogP) is 3.88. The number of aromatic nitrogens is 4. The molecule has 0 atom stereocenters. The second-order valence-electron chi connectivity index (χ2n) is 7.30. The first kappa shape index (κ1) is 22.0. The van der Waals surface area contributed by atoms with E-state index in [0.29, 0.717) is 18.0 Å². The summed E-state index contributed by atoms with van der Waals surface area (Å²) in [5.74, 6) is 1.35. The van der Waals surface area contributed by atoms with Gasteiger partial charge >= 0.3 is 0 Å². The highest BCUT2D eigenvalue weighted by Crippen LogP contribution is 2.23. The summed E-state index contributed by atoms with van der Waals surface area (Å²) in [6.07, 6.45) is 1.50. The van der Waals surface area contributed by atoms with Crippen molar-refractivity contribution in [2.24, 2.45) is 7.05 Å². The Labute approximate surface area is 192 Å². The first-order chi connectivity index (χ1) is 16.1. The van der Waals surface area contributed by atoms with Gasteiger partial charge in [0.2, 0.25) is 0 Å². The average molecular weight is 444 g/mol. The van der Waals surface area contributed by atoms with Crippen LogP contribution in [0.2, 0.25) is 0 Å². The van der Waals surface area contributed by atoms with Crippen LogP contribution in [0.25, 0.3) is 22.5 Å². The standard InChI is InChI=1S/C25H25N5O3/c1-4-33-21-11-7-18(8-12-21)23-14-24(30(2)29-23)25(31)26-15-19-13-22(28-16-27-19)17-5-9-20(32-3)10-6-17/h5-14,16H,4,15H2,1-3H3,(H,26,31). The Bertz CT molecular complexity index is 1230. The third kappa shape index (κ3) is 5.17. The second kappa shape index (κ2) is 9.95. The van der Waals surface area contributed by atoms with E-state index in [9.17, 15) is 4.79 Å². The molecule has 0 aliphatic heterocycles. The Hall–Kier alpha value is -4.20. The van der Waals surface area contributed by atoms with E-state index in [4.69, 9.17) is 9.47 Å². The molecule has 0 saturated heterocycles. The fourth-order valence-electron chi connectivity index (χ4n) is 3.38. The van der Waals surface area contributed by atoms with Crippen LogP contribution in [-0.4, -0.2) is 39.4 Å². The van der Waals surface area contributed by atoms with Crippen LogP contribution in [0.1, 0.15) is 23.1 Å². The number of carbonyl (C=O) groups is 1. The summed E-state index contributed by atoms with van der Waals surface area (Å²) < 4.78 is 12.2. The number of benzene rings is 2. The maximum absolute atomic E-state index is 12.8. The van der Waals surface area contributed by atoms with Crippen LogP contribution in [-0.2, 0) is 13.6 Å². The zero-order valence-electron chi connectivity index (χ0n) is 18.8. The largest absolute Gasteiger partial charge is 0.497 e. The SMILES string of the molecule is CCOc1ccc(-c2cc(C(=O)NCc3cc(-c4ccc(OC)cc4)ncn3)n(C)n2)cc1. The van der Waals surface area contributed by atoms with Gasteiger partial charge in [-0.2, -0.15) is 5.10 Å². The molecule has 8 nitrogen and oxygen atoms in total. The molecule has 0 unspecified atom stereocenters. The molecule has 4 rings (SSSR count). The van der Waals surface area contributed by atoms with E-state index in [1.165, 1.54) is 6.33 Å². The zero-order valence-corrected chi connectivity index (χ0v) is 18.8. The molecule has 0 bridgehead atoms. The summed E-state index contributed by atoms with van der Waals surface area (Å²) in [5.41, 5.74) is 4.51. The van der Waals surface area contributed by atoms with E-state index < -0.39 is 0 Å². The van der Waals surface area contributed by atoms with E-state index in [2.05, 4.69) is 20.4 Å². The van der Waals surface area contributed by atoms with Crippen molar-refractivity contribution >= 4 is 5.91 Å². The van der Waals surface area contributed by atoms with Crippen molar-refractivity contribution in [3.63, 3.8) is 0 Å². The molecule has 33 heavy (non-hydrogen) atoms. The Balaban J connectivity index is 1.44. The lowest BCUT2D eigenvalue weighted by Crippen LogP contribution is -2.25. The van der Waals surface area contributed by atoms with Crippen LogP contribution >= 0.6 is 0 Å². The summed E-state index contributed by atoms with van der Waals surface area (Å²) in [5, 5.41) is 7.39. The van der Waals surface area contributed by atoms with Gasteiger partial charge in [-0.25, -0.2) is 9.97 Å². The van der Waals surface area contributed by atoms with Crippen LogP contribution in [0.3, 0.4) is 0 Å². The summed E-state index contributed by atoms with van der Waals surface area (Å²) in [6.45, 7) is 2.83. The Kier molecular flexibility index (Phi) is 6.64. The van der Waals surface area contributed by atoms with E-state index in [0.717, 1.165) is 34.0 Å². The fourth-order valence-corrected chi connectivity index (χ4v) is 3.38. The molecule has 0 aliphatic carbocycles. The number of ether oxygens (including phenoxy) is 2. The molecule has 0 saturated carbocycles. The molecule has 0 fully saturated rings. The van der Waals surface area contributed by atoms with E-state index in [-0.39, 0.29) is 12.5 Å². The quantitative estimate of drug-likeness (QED) is 0.444. The zero-order chi connectivity index (χ0) is 23.2. The Morgan fingerprint density at radius 1 is 0.939 bits per heavy atom. The molecular formula is C25H25N5O3. The molecule has 1 amide bonds. The van der Waals surface area contributed by atoms with Gasteiger partial charge in [-0.05, 0) is 67.6 Å². The minimum atomic E-state index is -0.230. The van der Waals surface area contributed by atoms with Gasteiger partial charge < -0.3 is 14.8 Å². The first-order valence-corrected chi connectivity index (χ1v) is 10.6. The number of aryl methyl sites for hydroxylation is 1. The monoisotopic (exact) mass is 443 g/mol. The maximum atomic E-state index is 12.8. The summed E-state index contributed by atoms with van der Waals surface area (Å²) in [4.78, 5) is 21.4. The highest BCUT2D eigenvalue weighted by atomic mass is 16.5. The third-order valence-electron chi connectivity index (χ3n) is 5.11. The minimum Gasteiger partial charge on any atom is -0.497 e. The molecule has 8 heteroatoms. The molecule has 2 aromatic carbocycles. The normalized spacial score (nSPS) is 10.6. The second-order valence-corrected chi connectivity index (χ2v) is 7.30. The Morgan fingerprint density at radius 2 is 1.61 bits per heavy atom. The minimum absolute atomic E-state index is 0.230. The summed E-state index contributed by atoms with van der Waals surface area (Å²) in [6, 6.07) is 18.9. The van der Waals surface area contributed by atoms with E-state index in [1.54, 1.807) is 24.9 Å². The number of nitrogens with one attached hydrogen (secondary N) is 1. The molecule has 1 N–H and O–H groups in total. The highest BCUT2D eigenvalue weighted by Gasteiger charge is 2.15. The summed E-state index contributed by atoms with van der Waals surface area (Å²) >= 11 is 0. The van der Waals surface area contributed by atoms with Gasteiger partial charge in [0.05, 0.1) is 37.3 Å². The van der Waals surface area contributed by atoms with Crippen LogP contribution in [0.5, 0.6) is 11.5 Å². The van der Waals surface area contributed by atoms with Gasteiger partial charge in [-0.3, -0.25) is 9.48 Å². The number of hydrogen-bond acceptors (Lipinski definition) is 6. The topological polar surface area (TPSA) is 91.2 Å². The van der Waals surface area contributed by atoms with E-state index >= 15 is 0 Å². The molecular weight excluding hydrogens is 418 g/mol. The average Bonchev–Trinajstić information content (AvgIpc) is 3.25. The molecule has 168 valence electrons. The van der Waals surface area contributed by atoms with Gasteiger partial charge in [0, 0.05) is 18.2 Å². The maximum Gasteiger partial charge on any atom is 0.269 e. The first-order valence-electron chi connectivity index (χ1n) is 10.6. The van der Waals surface area contributed by atoms with Gasteiger partial charge in [-0.15, -0.1) is 0 Å². The lowest BCUT2D eigenvalue weighted by atomic mass is 10.1. The number of hydrogen-bond donors (Lipinski definition) is 1. The number of rotatable bonds is 8. The van der Waals surface area contributed by atoms with Crippen molar-refractivity contribution in [1.29, 1.82) is 0 Å². The molecule has 2 heterocycles. The number of carbonyl (C=O) groups excluding carboxylic acids is 1. The predicted molar refractivity (Wildman–Crippen MR) is 125 cm³/mol. The van der Waals surface area contributed by atoms with Crippen LogP contribution < -0.4 is 14.8 Å². The van der Waals surface area contributed by atoms with Gasteiger partial charge in [0.25, 0.3) is 5.91 Å². The van der Waals surface area contributed by atoms with Crippen molar-refractivity contribution in [1.82, 2.24) is 25.1 Å². The fraction of sp³-hybridized carbons (Fsp3) is 0.200. The molecule has 0 spiro atoms. The number of nitrogens with zero attached hydrogens (tertiary/aromatic N) is 4. The van der Waals surface area contributed by atoms with Crippen LogP contribution in [0.4, 0.5) is 0 Å². The summed E-state index contributed by atoms with van der Waals surface area (Å²) in [7, 11) is 3.38. The molecule has 2 aromatic heterocycles. The highest BCUT2D eigenvalue weighted by molar-refractivity contribution is 5.93. The van der Waals surface area contributed by atoms with Gasteiger partial charge in [-0.1, -0.05) is 0 Å². The Morgan fingerprint density at radius 3 is 2.27 bits per heavy atom. The van der Waals surface area contributed by atoms with Crippen molar-refractivity contribution in [2.45, 2.75) is 13.5 Å². The lowest BCUT2D eigenvalue weighted by molar-refractivity contribution is 0.0941. The molecule has 0 aliphatic rings. The van der Waals surface area contributed by atoms with Crippen molar-refractivity contribution in [2.75, 3.05) is 13.7 Å². The smallest absolute Gasteiger partial charge is 0.269 e. The van der Waals surface area contributed by atoms with Crippen molar-refractivity contribution < 1.29 is 14.3 Å². The third-order valence-corrected chi connectivity index (χ3v) is 5.11. The van der Waals surface area contributed by atoms with Crippen molar-refractivity contribution in [3.05, 3.63) is 78.4 Å². The molecule has 0 radical (unpaired) electrons. The van der Waals surface area contributed by atoms with Crippen LogP contribution in [0.15, 0.2) is 67.0 Å². The van der Waals surface area contributed by atoms with Gasteiger partial charge in [0.1, 0.15) is 23.5 Å². The van der Waals surface area contributed by atoms with E-state index in [1.807, 2.05) is 61.5 Å². The number of amides is 1. The van der Waals surface area contributed by atoms with Crippen LogP contribution in [0, 0.1) is 0 Å².